The number of pyridine rings is 1. The topological polar surface area (TPSA) is 60.2 Å². The molecular formula is C12H19N3O. The van der Waals surface area contributed by atoms with Crippen LogP contribution in [0.25, 0.3) is 0 Å². The molecule has 0 saturated carbocycles. The van der Waals surface area contributed by atoms with E-state index in [1.165, 1.54) is 11.1 Å². The summed E-state index contributed by atoms with van der Waals surface area (Å²) in [7, 11) is 0. The highest BCUT2D eigenvalue weighted by Crippen LogP contribution is 2.32. The molecular weight excluding hydrogens is 202 g/mol. The van der Waals surface area contributed by atoms with Gasteiger partial charge in [0.1, 0.15) is 0 Å². The SMILES string of the molecule is Cc1ccncc1C(NN)C1COC(C)C1. The lowest BCUT2D eigenvalue weighted by atomic mass is 9.90. The lowest BCUT2D eigenvalue weighted by Crippen LogP contribution is -2.34. The van der Waals surface area contributed by atoms with Crippen molar-refractivity contribution in [3.05, 3.63) is 29.6 Å². The van der Waals surface area contributed by atoms with Crippen LogP contribution in [0.1, 0.15) is 30.5 Å². The lowest BCUT2D eigenvalue weighted by molar-refractivity contribution is 0.117. The van der Waals surface area contributed by atoms with E-state index in [-0.39, 0.29) is 6.04 Å². The summed E-state index contributed by atoms with van der Waals surface area (Å²) >= 11 is 0. The Morgan fingerprint density at radius 2 is 2.44 bits per heavy atom. The van der Waals surface area contributed by atoms with Crippen molar-refractivity contribution in [1.82, 2.24) is 10.4 Å². The second-order valence-electron chi connectivity index (χ2n) is 4.52. The van der Waals surface area contributed by atoms with Crippen LogP contribution in [-0.4, -0.2) is 17.7 Å². The lowest BCUT2D eigenvalue weighted by Gasteiger charge is -2.23. The monoisotopic (exact) mass is 221 g/mol. The number of hydrogen-bond donors (Lipinski definition) is 2. The fourth-order valence-electron chi connectivity index (χ4n) is 2.36. The Bertz CT molecular complexity index is 356. The highest BCUT2D eigenvalue weighted by molar-refractivity contribution is 5.25. The molecule has 4 nitrogen and oxygen atoms in total. The minimum atomic E-state index is 0.138. The number of hydrogen-bond acceptors (Lipinski definition) is 4. The first-order chi connectivity index (χ1) is 7.72. The van der Waals surface area contributed by atoms with E-state index < -0.39 is 0 Å². The molecule has 1 aliphatic rings. The fraction of sp³-hybridized carbons (Fsp3) is 0.583. The molecule has 0 aromatic carbocycles. The molecule has 0 amide bonds. The summed E-state index contributed by atoms with van der Waals surface area (Å²) in [6, 6.07) is 2.15. The largest absolute Gasteiger partial charge is 0.378 e. The standard InChI is InChI=1S/C12H19N3O/c1-8-3-4-14-6-11(8)12(15-13)10-5-9(2)16-7-10/h3-4,6,9-10,12,15H,5,7,13H2,1-2H3. The Labute approximate surface area is 96.2 Å². The first kappa shape index (κ1) is 11.5. The van der Waals surface area contributed by atoms with E-state index >= 15 is 0 Å². The average Bonchev–Trinajstić information content (AvgIpc) is 2.69. The van der Waals surface area contributed by atoms with E-state index in [0.717, 1.165) is 13.0 Å². The molecule has 1 fully saturated rings. The summed E-state index contributed by atoms with van der Waals surface area (Å²) in [4.78, 5) is 4.17. The summed E-state index contributed by atoms with van der Waals surface area (Å²) in [5.74, 6) is 6.10. The van der Waals surface area contributed by atoms with E-state index in [0.29, 0.717) is 12.0 Å². The van der Waals surface area contributed by atoms with Crippen molar-refractivity contribution >= 4 is 0 Å². The number of rotatable bonds is 3. The molecule has 0 radical (unpaired) electrons. The molecule has 2 rings (SSSR count). The molecule has 1 saturated heterocycles. The molecule has 1 aromatic heterocycles. The Kier molecular flexibility index (Phi) is 3.53. The molecule has 0 spiro atoms. The predicted molar refractivity (Wildman–Crippen MR) is 62.6 cm³/mol. The minimum absolute atomic E-state index is 0.138. The third-order valence-electron chi connectivity index (χ3n) is 3.30. The molecule has 0 bridgehead atoms. The molecule has 1 aromatic rings. The second kappa shape index (κ2) is 4.91. The van der Waals surface area contributed by atoms with Crippen LogP contribution in [0.5, 0.6) is 0 Å². The van der Waals surface area contributed by atoms with Gasteiger partial charge in [-0.15, -0.1) is 0 Å². The number of ether oxygens (including phenoxy) is 1. The van der Waals surface area contributed by atoms with Crippen LogP contribution < -0.4 is 11.3 Å². The van der Waals surface area contributed by atoms with E-state index in [9.17, 15) is 0 Å². The van der Waals surface area contributed by atoms with Gasteiger partial charge in [-0.2, -0.15) is 0 Å². The second-order valence-corrected chi connectivity index (χ2v) is 4.52. The third-order valence-corrected chi connectivity index (χ3v) is 3.30. The maximum Gasteiger partial charge on any atom is 0.0551 e. The molecule has 2 heterocycles. The number of nitrogens with two attached hydrogens (primary N) is 1. The highest BCUT2D eigenvalue weighted by atomic mass is 16.5. The molecule has 3 unspecified atom stereocenters. The van der Waals surface area contributed by atoms with E-state index in [4.69, 9.17) is 10.6 Å². The van der Waals surface area contributed by atoms with E-state index in [2.05, 4.69) is 24.3 Å². The molecule has 4 heteroatoms. The van der Waals surface area contributed by atoms with Gasteiger partial charge in [-0.3, -0.25) is 16.3 Å². The molecule has 16 heavy (non-hydrogen) atoms. The number of aryl methyl sites for hydroxylation is 1. The van der Waals surface area contributed by atoms with Gasteiger partial charge in [0.15, 0.2) is 0 Å². The van der Waals surface area contributed by atoms with Gasteiger partial charge in [0.2, 0.25) is 0 Å². The van der Waals surface area contributed by atoms with E-state index in [1.54, 1.807) is 6.20 Å². The van der Waals surface area contributed by atoms with Crippen molar-refractivity contribution < 1.29 is 4.74 Å². The van der Waals surface area contributed by atoms with Crippen LogP contribution >= 0.6 is 0 Å². The number of aromatic nitrogens is 1. The van der Waals surface area contributed by atoms with Gasteiger partial charge in [0.25, 0.3) is 0 Å². The van der Waals surface area contributed by atoms with Gasteiger partial charge in [0, 0.05) is 18.3 Å². The zero-order chi connectivity index (χ0) is 11.5. The first-order valence-corrected chi connectivity index (χ1v) is 5.70. The van der Waals surface area contributed by atoms with Crippen molar-refractivity contribution in [2.75, 3.05) is 6.61 Å². The average molecular weight is 221 g/mol. The Morgan fingerprint density at radius 1 is 1.62 bits per heavy atom. The van der Waals surface area contributed by atoms with Crippen molar-refractivity contribution in [2.24, 2.45) is 11.8 Å². The van der Waals surface area contributed by atoms with Crippen molar-refractivity contribution in [3.63, 3.8) is 0 Å². The van der Waals surface area contributed by atoms with Gasteiger partial charge in [-0.25, -0.2) is 0 Å². The molecule has 1 aliphatic heterocycles. The molecule has 88 valence electrons. The van der Waals surface area contributed by atoms with Crippen LogP contribution in [0.15, 0.2) is 18.5 Å². The normalized spacial score (nSPS) is 26.9. The summed E-state index contributed by atoms with van der Waals surface area (Å²) in [5.41, 5.74) is 5.30. The maximum absolute atomic E-state index is 5.67. The summed E-state index contributed by atoms with van der Waals surface area (Å²) in [6.07, 6.45) is 5.07. The summed E-state index contributed by atoms with van der Waals surface area (Å²) in [6.45, 7) is 4.95. The van der Waals surface area contributed by atoms with Gasteiger partial charge in [-0.1, -0.05) is 0 Å². The fourth-order valence-corrected chi connectivity index (χ4v) is 2.36. The quantitative estimate of drug-likeness (QED) is 0.597. The van der Waals surface area contributed by atoms with Gasteiger partial charge in [0.05, 0.1) is 18.8 Å². The molecule has 3 N–H and O–H groups in total. The van der Waals surface area contributed by atoms with Crippen LogP contribution in [0.2, 0.25) is 0 Å². The van der Waals surface area contributed by atoms with Crippen LogP contribution in [0.3, 0.4) is 0 Å². The van der Waals surface area contributed by atoms with Crippen molar-refractivity contribution in [3.8, 4) is 0 Å². The van der Waals surface area contributed by atoms with Gasteiger partial charge < -0.3 is 4.74 Å². The van der Waals surface area contributed by atoms with Crippen molar-refractivity contribution in [1.29, 1.82) is 0 Å². The summed E-state index contributed by atoms with van der Waals surface area (Å²) < 4.78 is 5.59. The minimum Gasteiger partial charge on any atom is -0.378 e. The Hall–Kier alpha value is -0.970. The highest BCUT2D eigenvalue weighted by Gasteiger charge is 2.30. The number of hydrazine groups is 1. The number of nitrogens with zero attached hydrogens (tertiary/aromatic N) is 1. The molecule has 3 atom stereocenters. The van der Waals surface area contributed by atoms with Gasteiger partial charge >= 0.3 is 0 Å². The van der Waals surface area contributed by atoms with E-state index in [1.807, 2.05) is 12.3 Å². The zero-order valence-corrected chi connectivity index (χ0v) is 9.81. The zero-order valence-electron chi connectivity index (χ0n) is 9.81. The van der Waals surface area contributed by atoms with Crippen LogP contribution in [0, 0.1) is 12.8 Å². The Morgan fingerprint density at radius 3 is 3.00 bits per heavy atom. The molecule has 0 aliphatic carbocycles. The van der Waals surface area contributed by atoms with Crippen molar-refractivity contribution in [2.45, 2.75) is 32.4 Å². The summed E-state index contributed by atoms with van der Waals surface area (Å²) in [5, 5.41) is 0. The van der Waals surface area contributed by atoms with Crippen LogP contribution in [-0.2, 0) is 4.74 Å². The number of nitrogens with one attached hydrogen (secondary N) is 1. The first-order valence-electron chi connectivity index (χ1n) is 5.70. The third kappa shape index (κ3) is 2.24. The van der Waals surface area contributed by atoms with Crippen LogP contribution in [0.4, 0.5) is 0 Å². The predicted octanol–water partition coefficient (Wildman–Crippen LogP) is 1.32. The maximum atomic E-state index is 5.67. The van der Waals surface area contributed by atoms with Gasteiger partial charge in [-0.05, 0) is 37.5 Å². The Balaban J connectivity index is 2.19. The smallest absolute Gasteiger partial charge is 0.0551 e.